The van der Waals surface area contributed by atoms with Crippen molar-refractivity contribution in [2.45, 2.75) is 13.3 Å². The van der Waals surface area contributed by atoms with Gasteiger partial charge in [-0.1, -0.05) is 17.7 Å². The van der Waals surface area contributed by atoms with Gasteiger partial charge in [-0.15, -0.1) is 0 Å². The van der Waals surface area contributed by atoms with E-state index in [-0.39, 0.29) is 17.6 Å². The maximum absolute atomic E-state index is 12.6. The standard InChI is InChI=1S/C15H13N5O.C7H7F/c16-8-11-4-7-20(9-11)15(21)12-2-1-5-18-14(12)13-3-6-17-10-19-13;1-6-2-4-7(8)5-3-6/h1-3,5-6,10-11H,4,7,9H2;2-5H,1H3/t11-;/m0./s1. The number of hydrogen-bond acceptors (Lipinski definition) is 5. The van der Waals surface area contributed by atoms with E-state index in [1.54, 1.807) is 47.6 Å². The van der Waals surface area contributed by atoms with Crippen molar-refractivity contribution in [3.63, 3.8) is 0 Å². The van der Waals surface area contributed by atoms with Crippen LogP contribution in [0.25, 0.3) is 11.4 Å². The van der Waals surface area contributed by atoms with Crippen molar-refractivity contribution in [3.05, 3.63) is 78.1 Å². The molecule has 3 heterocycles. The largest absolute Gasteiger partial charge is 0.337 e. The molecule has 29 heavy (non-hydrogen) atoms. The lowest BCUT2D eigenvalue weighted by atomic mass is 10.1. The number of nitrogens with zero attached hydrogens (tertiary/aromatic N) is 5. The van der Waals surface area contributed by atoms with Crippen LogP contribution in [0.4, 0.5) is 4.39 Å². The van der Waals surface area contributed by atoms with Crippen molar-refractivity contribution in [3.8, 4) is 17.5 Å². The summed E-state index contributed by atoms with van der Waals surface area (Å²) < 4.78 is 12.1. The number of nitriles is 1. The average Bonchev–Trinajstić information content (AvgIpc) is 3.26. The molecule has 0 bridgehead atoms. The van der Waals surface area contributed by atoms with Gasteiger partial charge in [0.25, 0.3) is 5.91 Å². The first kappa shape index (κ1) is 20.1. The number of carbonyl (C=O) groups excluding carboxylic acids is 1. The number of hydrogen-bond donors (Lipinski definition) is 0. The average molecular weight is 389 g/mol. The minimum atomic E-state index is -0.171. The Kier molecular flexibility index (Phi) is 6.59. The Bertz CT molecular complexity index is 981. The Morgan fingerprint density at radius 1 is 1.17 bits per heavy atom. The first-order valence-corrected chi connectivity index (χ1v) is 9.21. The van der Waals surface area contributed by atoms with Crippen LogP contribution in [0, 0.1) is 30.0 Å². The quantitative estimate of drug-likeness (QED) is 0.668. The second-order valence-electron chi connectivity index (χ2n) is 6.66. The van der Waals surface area contributed by atoms with E-state index < -0.39 is 0 Å². The van der Waals surface area contributed by atoms with E-state index in [9.17, 15) is 9.18 Å². The molecule has 0 N–H and O–H groups in total. The maximum Gasteiger partial charge on any atom is 0.256 e. The highest BCUT2D eigenvalue weighted by Gasteiger charge is 2.28. The van der Waals surface area contributed by atoms with E-state index in [1.165, 1.54) is 18.5 Å². The molecule has 2 aromatic heterocycles. The SMILES string of the molecule is Cc1ccc(F)cc1.N#C[C@@H]1CCN(C(=O)c2cccnc2-c2ccncn2)C1. The first-order valence-electron chi connectivity index (χ1n) is 9.21. The fourth-order valence-corrected chi connectivity index (χ4v) is 2.97. The van der Waals surface area contributed by atoms with Gasteiger partial charge in [-0.2, -0.15) is 5.26 Å². The molecule has 0 saturated carbocycles. The Labute approximate surface area is 168 Å². The smallest absolute Gasteiger partial charge is 0.256 e. The zero-order valence-electron chi connectivity index (χ0n) is 16.0. The van der Waals surface area contributed by atoms with Gasteiger partial charge >= 0.3 is 0 Å². The van der Waals surface area contributed by atoms with Gasteiger partial charge in [-0.05, 0) is 43.7 Å². The van der Waals surface area contributed by atoms with Crippen LogP contribution in [0.5, 0.6) is 0 Å². The number of aromatic nitrogens is 3. The number of halogens is 1. The number of carbonyl (C=O) groups is 1. The lowest BCUT2D eigenvalue weighted by molar-refractivity contribution is 0.0790. The third kappa shape index (κ3) is 5.20. The number of pyridine rings is 1. The molecule has 1 fully saturated rings. The van der Waals surface area contributed by atoms with Crippen molar-refractivity contribution in [2.75, 3.05) is 13.1 Å². The van der Waals surface area contributed by atoms with Crippen molar-refractivity contribution in [2.24, 2.45) is 5.92 Å². The van der Waals surface area contributed by atoms with Crippen LogP contribution in [0.3, 0.4) is 0 Å². The maximum atomic E-state index is 12.6. The van der Waals surface area contributed by atoms with Crippen molar-refractivity contribution in [1.82, 2.24) is 19.9 Å². The molecule has 1 aliphatic heterocycles. The highest BCUT2D eigenvalue weighted by molar-refractivity contribution is 5.99. The summed E-state index contributed by atoms with van der Waals surface area (Å²) in [5.41, 5.74) is 2.76. The lowest BCUT2D eigenvalue weighted by Crippen LogP contribution is -2.29. The van der Waals surface area contributed by atoms with Gasteiger partial charge in [0.15, 0.2) is 0 Å². The third-order valence-corrected chi connectivity index (χ3v) is 4.53. The summed E-state index contributed by atoms with van der Waals surface area (Å²) in [6, 6.07) is 13.8. The predicted molar refractivity (Wildman–Crippen MR) is 106 cm³/mol. The molecule has 1 aliphatic rings. The third-order valence-electron chi connectivity index (χ3n) is 4.53. The van der Waals surface area contributed by atoms with E-state index in [0.717, 1.165) is 12.0 Å². The summed E-state index contributed by atoms with van der Waals surface area (Å²) in [4.78, 5) is 26.6. The van der Waals surface area contributed by atoms with Crippen LogP contribution in [0.15, 0.2) is 61.2 Å². The normalized spacial score (nSPS) is 15.2. The lowest BCUT2D eigenvalue weighted by Gasteiger charge is -2.17. The van der Waals surface area contributed by atoms with Crippen LogP contribution in [-0.4, -0.2) is 38.8 Å². The first-order chi connectivity index (χ1) is 14.1. The molecule has 4 rings (SSSR count). The van der Waals surface area contributed by atoms with Gasteiger partial charge in [0, 0.05) is 25.5 Å². The number of amides is 1. The number of likely N-dealkylation sites (tertiary alicyclic amines) is 1. The Morgan fingerprint density at radius 2 is 1.97 bits per heavy atom. The fourth-order valence-electron chi connectivity index (χ4n) is 2.97. The highest BCUT2D eigenvalue weighted by atomic mass is 19.1. The molecule has 6 nitrogen and oxygen atoms in total. The van der Waals surface area contributed by atoms with E-state index in [0.29, 0.717) is 30.0 Å². The number of benzene rings is 1. The topological polar surface area (TPSA) is 82.8 Å². The Balaban J connectivity index is 0.000000252. The summed E-state index contributed by atoms with van der Waals surface area (Å²) in [6.45, 7) is 3.02. The summed E-state index contributed by atoms with van der Waals surface area (Å²) >= 11 is 0. The van der Waals surface area contributed by atoms with E-state index in [2.05, 4.69) is 21.0 Å². The molecule has 1 aromatic carbocycles. The van der Waals surface area contributed by atoms with Crippen LogP contribution < -0.4 is 0 Å². The monoisotopic (exact) mass is 389 g/mol. The van der Waals surface area contributed by atoms with Crippen LogP contribution in [0.1, 0.15) is 22.3 Å². The Hall–Kier alpha value is -3.66. The summed E-state index contributed by atoms with van der Waals surface area (Å²) in [7, 11) is 0. The van der Waals surface area contributed by atoms with E-state index in [1.807, 2.05) is 6.92 Å². The number of rotatable bonds is 2. The minimum absolute atomic E-state index is 0.0758. The molecule has 0 aliphatic carbocycles. The van der Waals surface area contributed by atoms with Gasteiger partial charge < -0.3 is 4.90 Å². The van der Waals surface area contributed by atoms with Crippen molar-refractivity contribution >= 4 is 5.91 Å². The Morgan fingerprint density at radius 3 is 2.59 bits per heavy atom. The fraction of sp³-hybridized carbons (Fsp3) is 0.227. The predicted octanol–water partition coefficient (Wildman–Crippen LogP) is 3.66. The van der Waals surface area contributed by atoms with Crippen molar-refractivity contribution < 1.29 is 9.18 Å². The van der Waals surface area contributed by atoms with Gasteiger partial charge in [0.1, 0.15) is 17.8 Å². The van der Waals surface area contributed by atoms with Gasteiger partial charge in [-0.3, -0.25) is 9.78 Å². The van der Waals surface area contributed by atoms with Crippen LogP contribution in [0.2, 0.25) is 0 Å². The summed E-state index contributed by atoms with van der Waals surface area (Å²) in [5.74, 6) is -0.349. The van der Waals surface area contributed by atoms with Crippen LogP contribution >= 0.6 is 0 Å². The van der Waals surface area contributed by atoms with Crippen LogP contribution in [-0.2, 0) is 0 Å². The molecule has 0 radical (unpaired) electrons. The van der Waals surface area contributed by atoms with Gasteiger partial charge in [-0.25, -0.2) is 14.4 Å². The molecule has 1 atom stereocenters. The zero-order chi connectivity index (χ0) is 20.6. The molecule has 0 spiro atoms. The zero-order valence-corrected chi connectivity index (χ0v) is 16.0. The minimum Gasteiger partial charge on any atom is -0.337 e. The molecular weight excluding hydrogens is 369 g/mol. The van der Waals surface area contributed by atoms with E-state index in [4.69, 9.17) is 5.26 Å². The van der Waals surface area contributed by atoms with Crippen molar-refractivity contribution in [1.29, 1.82) is 5.26 Å². The molecule has 3 aromatic rings. The molecule has 146 valence electrons. The van der Waals surface area contributed by atoms with Gasteiger partial charge in [0.2, 0.25) is 0 Å². The highest BCUT2D eigenvalue weighted by Crippen LogP contribution is 2.23. The summed E-state index contributed by atoms with van der Waals surface area (Å²) in [5, 5.41) is 8.95. The molecule has 1 saturated heterocycles. The second-order valence-corrected chi connectivity index (χ2v) is 6.66. The second kappa shape index (κ2) is 9.51. The summed E-state index contributed by atoms with van der Waals surface area (Å²) in [6.07, 6.45) is 5.41. The molecular formula is C22H20FN5O. The molecule has 0 unspecified atom stereocenters. The molecule has 7 heteroatoms. The number of aryl methyl sites for hydroxylation is 1. The molecule has 1 amide bonds. The van der Waals surface area contributed by atoms with Gasteiger partial charge in [0.05, 0.1) is 23.2 Å². The van der Waals surface area contributed by atoms with E-state index >= 15 is 0 Å².